The molecule has 2 aromatic rings. The Morgan fingerprint density at radius 3 is 2.69 bits per heavy atom. The number of fused-ring (bicyclic) bond motifs is 1. The summed E-state index contributed by atoms with van der Waals surface area (Å²) in [7, 11) is 1.77. The second-order valence-corrected chi connectivity index (χ2v) is 8.78. The van der Waals surface area contributed by atoms with Gasteiger partial charge in [0.1, 0.15) is 5.69 Å². The quantitative estimate of drug-likeness (QED) is 0.831. The van der Waals surface area contributed by atoms with Gasteiger partial charge in [-0.25, -0.2) is 0 Å². The molecule has 156 valence electrons. The molecule has 0 unspecified atom stereocenters. The van der Waals surface area contributed by atoms with Gasteiger partial charge >= 0.3 is 0 Å². The van der Waals surface area contributed by atoms with E-state index in [1.54, 1.807) is 24.7 Å². The molecular formula is C20H28N6O3. The van der Waals surface area contributed by atoms with Crippen molar-refractivity contribution in [2.75, 3.05) is 13.1 Å². The van der Waals surface area contributed by atoms with Crippen molar-refractivity contribution in [1.82, 2.24) is 30.1 Å². The fourth-order valence-corrected chi connectivity index (χ4v) is 4.93. The zero-order valence-electron chi connectivity index (χ0n) is 17.6. The van der Waals surface area contributed by atoms with Crippen LogP contribution in [0, 0.1) is 25.7 Å². The molecule has 29 heavy (non-hydrogen) atoms. The van der Waals surface area contributed by atoms with Crippen molar-refractivity contribution in [2.24, 2.45) is 18.9 Å². The third-order valence-corrected chi connectivity index (χ3v) is 6.20. The fraction of sp³-hybridized carbons (Fsp3) is 0.650. The highest BCUT2D eigenvalue weighted by molar-refractivity contribution is 5.92. The van der Waals surface area contributed by atoms with Crippen LogP contribution in [0.2, 0.25) is 0 Å². The van der Waals surface area contributed by atoms with Gasteiger partial charge < -0.3 is 14.7 Å². The molecule has 0 aromatic carbocycles. The van der Waals surface area contributed by atoms with Crippen LogP contribution in [-0.4, -0.2) is 55.8 Å². The molecule has 1 saturated heterocycles. The second-order valence-electron chi connectivity index (χ2n) is 8.78. The molecule has 3 atom stereocenters. The van der Waals surface area contributed by atoms with Crippen molar-refractivity contribution in [1.29, 1.82) is 0 Å². The van der Waals surface area contributed by atoms with E-state index >= 15 is 0 Å². The summed E-state index contributed by atoms with van der Waals surface area (Å²) in [5, 5.41) is 11.4. The van der Waals surface area contributed by atoms with Crippen LogP contribution in [0.25, 0.3) is 0 Å². The Hall–Kier alpha value is -2.71. The molecule has 1 aliphatic carbocycles. The Morgan fingerprint density at radius 1 is 1.34 bits per heavy atom. The topological polar surface area (TPSA) is 106 Å². The molecular weight excluding hydrogens is 372 g/mol. The molecule has 0 radical (unpaired) electrons. The van der Waals surface area contributed by atoms with E-state index in [1.165, 1.54) is 0 Å². The Balaban J connectivity index is 1.56. The smallest absolute Gasteiger partial charge is 0.269 e. The van der Waals surface area contributed by atoms with Crippen LogP contribution in [0.15, 0.2) is 10.6 Å². The molecule has 3 heterocycles. The largest absolute Gasteiger partial charge is 0.348 e. The van der Waals surface area contributed by atoms with Crippen molar-refractivity contribution in [3.05, 3.63) is 29.2 Å². The van der Waals surface area contributed by atoms with Gasteiger partial charge in [-0.1, -0.05) is 19.0 Å². The lowest BCUT2D eigenvalue weighted by atomic mass is 9.80. The van der Waals surface area contributed by atoms with E-state index in [9.17, 15) is 9.59 Å². The minimum absolute atomic E-state index is 0.0220. The van der Waals surface area contributed by atoms with Gasteiger partial charge in [0.25, 0.3) is 5.91 Å². The minimum atomic E-state index is -0.411. The van der Waals surface area contributed by atoms with Gasteiger partial charge in [0.05, 0.1) is 11.1 Å². The summed E-state index contributed by atoms with van der Waals surface area (Å²) in [6, 6.07) is 1.76. The first-order valence-corrected chi connectivity index (χ1v) is 10.1. The highest BCUT2D eigenvalue weighted by atomic mass is 16.5. The number of amides is 2. The summed E-state index contributed by atoms with van der Waals surface area (Å²) >= 11 is 0. The fourth-order valence-electron chi connectivity index (χ4n) is 4.93. The van der Waals surface area contributed by atoms with Crippen LogP contribution in [-0.2, 0) is 17.3 Å². The molecule has 0 bridgehead atoms. The molecule has 1 N–H and O–H groups in total. The van der Waals surface area contributed by atoms with E-state index in [2.05, 4.69) is 20.6 Å². The third kappa shape index (κ3) is 3.32. The minimum Gasteiger partial charge on any atom is -0.348 e. The zero-order valence-corrected chi connectivity index (χ0v) is 17.6. The first-order chi connectivity index (χ1) is 13.7. The Bertz CT molecular complexity index is 948. The van der Waals surface area contributed by atoms with E-state index in [0.717, 1.165) is 12.1 Å². The summed E-state index contributed by atoms with van der Waals surface area (Å²) in [6.07, 6.45) is 1.44. The second kappa shape index (κ2) is 6.96. The molecule has 2 aliphatic rings. The predicted molar refractivity (Wildman–Crippen MR) is 104 cm³/mol. The number of hydrogen-bond donors (Lipinski definition) is 1. The number of carbonyl (C=O) groups excluding carboxylic acids is 2. The number of nitrogens with one attached hydrogen (secondary N) is 1. The number of hydrogen-bond acceptors (Lipinski definition) is 6. The summed E-state index contributed by atoms with van der Waals surface area (Å²) in [4.78, 5) is 31.8. The number of likely N-dealkylation sites (tertiary alicyclic amines) is 1. The third-order valence-electron chi connectivity index (χ3n) is 6.20. The number of nitrogens with zero attached hydrogens (tertiary/aromatic N) is 5. The summed E-state index contributed by atoms with van der Waals surface area (Å²) in [5.74, 6) is 1.28. The van der Waals surface area contributed by atoms with Crippen LogP contribution in [0.4, 0.5) is 0 Å². The summed E-state index contributed by atoms with van der Waals surface area (Å²) < 4.78 is 7.17. The van der Waals surface area contributed by atoms with Crippen molar-refractivity contribution >= 4 is 11.8 Å². The van der Waals surface area contributed by atoms with Crippen molar-refractivity contribution in [3.63, 3.8) is 0 Å². The van der Waals surface area contributed by atoms with E-state index in [0.29, 0.717) is 36.9 Å². The Morgan fingerprint density at radius 2 is 2.10 bits per heavy atom. The first kappa shape index (κ1) is 19.6. The van der Waals surface area contributed by atoms with E-state index in [1.807, 2.05) is 25.7 Å². The van der Waals surface area contributed by atoms with Crippen LogP contribution in [0.5, 0.6) is 0 Å². The van der Waals surface area contributed by atoms with Gasteiger partial charge in [-0.2, -0.15) is 10.1 Å². The lowest BCUT2D eigenvalue weighted by molar-refractivity contribution is -0.133. The van der Waals surface area contributed by atoms with Gasteiger partial charge in [0.15, 0.2) is 5.82 Å². The van der Waals surface area contributed by atoms with Crippen LogP contribution >= 0.6 is 0 Å². The molecule has 2 amide bonds. The molecule has 1 saturated carbocycles. The van der Waals surface area contributed by atoms with E-state index in [4.69, 9.17) is 4.52 Å². The molecule has 1 aliphatic heterocycles. The maximum Gasteiger partial charge on any atom is 0.269 e. The SMILES string of the molecule is Cc1cc(C(=O)N[C@@H]2C[C@H]3CN(C(=O)C(C)C)C[C@@]3(c3nc(C)no3)C2)n(C)n1. The van der Waals surface area contributed by atoms with Crippen LogP contribution in [0.3, 0.4) is 0 Å². The molecule has 2 fully saturated rings. The van der Waals surface area contributed by atoms with Crippen molar-refractivity contribution in [3.8, 4) is 0 Å². The van der Waals surface area contributed by atoms with Gasteiger partial charge in [-0.05, 0) is 38.7 Å². The standard InChI is InChI=1S/C20H28N6O3/c1-11(2)18(28)26-9-14-7-15(22-17(27)16-6-12(3)23-25(16)5)8-20(14,10-26)19-21-13(4)24-29-19/h6,11,14-15H,7-10H2,1-5H3,(H,22,27)/t14-,15+,20-/m0/s1. The summed E-state index contributed by atoms with van der Waals surface area (Å²) in [6.45, 7) is 8.69. The van der Waals surface area contributed by atoms with Crippen LogP contribution in [0.1, 0.15) is 54.6 Å². The molecule has 9 heteroatoms. The normalized spacial score (nSPS) is 26.2. The first-order valence-electron chi connectivity index (χ1n) is 10.1. The molecule has 4 rings (SSSR count). The van der Waals surface area contributed by atoms with Gasteiger partial charge in [-0.3, -0.25) is 14.3 Å². The van der Waals surface area contributed by atoms with Crippen molar-refractivity contribution < 1.29 is 14.1 Å². The van der Waals surface area contributed by atoms with Crippen LogP contribution < -0.4 is 5.32 Å². The Kier molecular flexibility index (Phi) is 4.71. The highest BCUT2D eigenvalue weighted by Crippen LogP contribution is 2.50. The highest BCUT2D eigenvalue weighted by Gasteiger charge is 2.58. The van der Waals surface area contributed by atoms with E-state index in [-0.39, 0.29) is 29.7 Å². The summed E-state index contributed by atoms with van der Waals surface area (Å²) in [5.41, 5.74) is 0.937. The average Bonchev–Trinajstić information content (AvgIpc) is 3.36. The number of aryl methyl sites for hydroxylation is 3. The monoisotopic (exact) mass is 400 g/mol. The molecule has 9 nitrogen and oxygen atoms in total. The number of carbonyl (C=O) groups is 2. The van der Waals surface area contributed by atoms with Crippen molar-refractivity contribution in [2.45, 2.75) is 52.0 Å². The number of rotatable bonds is 4. The lowest BCUT2D eigenvalue weighted by Crippen LogP contribution is -2.40. The molecule has 0 spiro atoms. The van der Waals surface area contributed by atoms with E-state index < -0.39 is 5.41 Å². The lowest BCUT2D eigenvalue weighted by Gasteiger charge is -2.26. The van der Waals surface area contributed by atoms with Gasteiger partial charge in [0, 0.05) is 32.1 Å². The van der Waals surface area contributed by atoms with Gasteiger partial charge in [0.2, 0.25) is 11.8 Å². The maximum atomic E-state index is 12.8. The Labute approximate surface area is 169 Å². The predicted octanol–water partition coefficient (Wildman–Crippen LogP) is 1.36. The zero-order chi connectivity index (χ0) is 20.9. The number of aromatic nitrogens is 4. The maximum absolute atomic E-state index is 12.8. The van der Waals surface area contributed by atoms with Gasteiger partial charge in [-0.15, -0.1) is 0 Å². The average molecular weight is 400 g/mol. The molecule has 2 aromatic heterocycles.